The average Bonchev–Trinajstić information content (AvgIpc) is 2.77. The number of aryl methyl sites for hydroxylation is 2. The van der Waals surface area contributed by atoms with Crippen LogP contribution in [0.2, 0.25) is 0 Å². The van der Waals surface area contributed by atoms with E-state index in [0.717, 1.165) is 29.1 Å². The molecule has 0 spiro atoms. The van der Waals surface area contributed by atoms with Gasteiger partial charge in [-0.3, -0.25) is 0 Å². The van der Waals surface area contributed by atoms with E-state index in [2.05, 4.69) is 18.4 Å². The van der Waals surface area contributed by atoms with E-state index in [9.17, 15) is 0 Å². The number of hydrogen-bond donors (Lipinski definition) is 0. The number of nitrogens with zero attached hydrogens (tertiary/aromatic N) is 3. The second kappa shape index (κ2) is 7.23. The molecule has 2 heterocycles. The summed E-state index contributed by atoms with van der Waals surface area (Å²) in [6, 6.07) is 4.25. The van der Waals surface area contributed by atoms with E-state index < -0.39 is 0 Å². The van der Waals surface area contributed by atoms with E-state index in [1.54, 1.807) is 0 Å². The molecule has 2 aromatic rings. The van der Waals surface area contributed by atoms with Gasteiger partial charge in [0.2, 0.25) is 0 Å². The van der Waals surface area contributed by atoms with Crippen molar-refractivity contribution in [3.8, 4) is 0 Å². The lowest BCUT2D eigenvalue weighted by molar-refractivity contribution is 0.0967. The number of alkyl halides is 1. The molecule has 5 heteroatoms. The lowest BCUT2D eigenvalue weighted by Gasteiger charge is -2.24. The normalized spacial score (nSPS) is 13.2. The summed E-state index contributed by atoms with van der Waals surface area (Å²) >= 11 is 5.95. The quantitative estimate of drug-likeness (QED) is 0.731. The maximum Gasteiger partial charge on any atom is 0.160 e. The van der Waals surface area contributed by atoms with Crippen LogP contribution in [0.1, 0.15) is 38.3 Å². The number of rotatable bonds is 7. The third kappa shape index (κ3) is 3.55. The molecule has 0 aliphatic heterocycles. The lowest BCUT2D eigenvalue weighted by Crippen LogP contribution is -2.23. The molecule has 0 N–H and O–H groups in total. The summed E-state index contributed by atoms with van der Waals surface area (Å²) in [4.78, 5) is 9.41. The van der Waals surface area contributed by atoms with Crippen molar-refractivity contribution in [1.29, 1.82) is 0 Å². The van der Waals surface area contributed by atoms with Crippen LogP contribution in [0.5, 0.6) is 0 Å². The first kappa shape index (κ1) is 16.2. The third-order valence-corrected chi connectivity index (χ3v) is 3.85. The van der Waals surface area contributed by atoms with E-state index >= 15 is 0 Å². The molecular weight excluding hydrogens is 286 g/mol. The zero-order chi connectivity index (χ0) is 15.4. The number of aromatic nitrogens is 3. The van der Waals surface area contributed by atoms with Crippen LogP contribution in [0, 0.1) is 12.8 Å². The minimum atomic E-state index is 0.225. The molecule has 4 nitrogen and oxygen atoms in total. The number of pyridine rings is 1. The number of imidazole rings is 1. The molecule has 0 amide bonds. The summed E-state index contributed by atoms with van der Waals surface area (Å²) in [5, 5.41) is 0. The van der Waals surface area contributed by atoms with E-state index in [1.165, 1.54) is 0 Å². The minimum Gasteiger partial charge on any atom is -0.380 e. The summed E-state index contributed by atoms with van der Waals surface area (Å²) in [5.74, 6) is 1.99. The standard InChI is InChI=1S/C16H24ClN3O/c1-5-21-10-14(11(2)3)20-15(8-9-17)19-13-7-6-12(4)18-16(13)20/h6-7,11,14H,5,8-10H2,1-4H3. The van der Waals surface area contributed by atoms with Gasteiger partial charge in [-0.25, -0.2) is 9.97 Å². The SMILES string of the molecule is CCOCC(C(C)C)n1c(CCCl)nc2ccc(C)nc21. The van der Waals surface area contributed by atoms with Crippen molar-refractivity contribution in [3.63, 3.8) is 0 Å². The summed E-state index contributed by atoms with van der Waals surface area (Å²) in [6.07, 6.45) is 0.742. The largest absolute Gasteiger partial charge is 0.380 e. The van der Waals surface area contributed by atoms with Crippen LogP contribution in [-0.2, 0) is 11.2 Å². The van der Waals surface area contributed by atoms with Gasteiger partial charge in [0.15, 0.2) is 5.65 Å². The van der Waals surface area contributed by atoms with Crippen molar-refractivity contribution in [2.75, 3.05) is 19.1 Å². The Hall–Kier alpha value is -1.13. The van der Waals surface area contributed by atoms with E-state index in [4.69, 9.17) is 26.3 Å². The van der Waals surface area contributed by atoms with Gasteiger partial charge in [0.1, 0.15) is 11.3 Å². The second-order valence-corrected chi connectivity index (χ2v) is 5.98. The molecule has 1 atom stereocenters. The lowest BCUT2D eigenvalue weighted by atomic mass is 10.0. The molecular formula is C16H24ClN3O. The Balaban J connectivity index is 2.55. The molecule has 0 saturated heterocycles. The van der Waals surface area contributed by atoms with Gasteiger partial charge in [0.05, 0.1) is 12.6 Å². The molecule has 0 radical (unpaired) electrons. The highest BCUT2D eigenvalue weighted by Gasteiger charge is 2.23. The predicted molar refractivity (Wildman–Crippen MR) is 87.1 cm³/mol. The van der Waals surface area contributed by atoms with Crippen LogP contribution in [0.4, 0.5) is 0 Å². The number of fused-ring (bicyclic) bond motifs is 1. The van der Waals surface area contributed by atoms with Crippen molar-refractivity contribution in [1.82, 2.24) is 14.5 Å². The van der Waals surface area contributed by atoms with Crippen LogP contribution in [-0.4, -0.2) is 33.6 Å². The zero-order valence-electron chi connectivity index (χ0n) is 13.3. The highest BCUT2D eigenvalue weighted by Crippen LogP contribution is 2.26. The minimum absolute atomic E-state index is 0.225. The molecule has 21 heavy (non-hydrogen) atoms. The first-order valence-electron chi connectivity index (χ1n) is 7.56. The van der Waals surface area contributed by atoms with Gasteiger partial charge in [0, 0.05) is 24.6 Å². The van der Waals surface area contributed by atoms with Gasteiger partial charge in [-0.05, 0) is 31.9 Å². The fourth-order valence-electron chi connectivity index (χ4n) is 2.53. The summed E-state index contributed by atoms with van der Waals surface area (Å²) in [7, 11) is 0. The third-order valence-electron chi connectivity index (χ3n) is 3.66. The van der Waals surface area contributed by atoms with Gasteiger partial charge in [-0.15, -0.1) is 11.6 Å². The summed E-state index contributed by atoms with van der Waals surface area (Å²) in [6.45, 7) is 9.82. The molecule has 2 aromatic heterocycles. The molecule has 0 fully saturated rings. The molecule has 0 aliphatic rings. The van der Waals surface area contributed by atoms with Gasteiger partial charge in [0.25, 0.3) is 0 Å². The Morgan fingerprint density at radius 2 is 2.05 bits per heavy atom. The Kier molecular flexibility index (Phi) is 5.59. The monoisotopic (exact) mass is 309 g/mol. The van der Waals surface area contributed by atoms with Crippen LogP contribution < -0.4 is 0 Å². The highest BCUT2D eigenvalue weighted by molar-refractivity contribution is 6.17. The summed E-state index contributed by atoms with van der Waals surface area (Å²) < 4.78 is 7.91. The fourth-order valence-corrected chi connectivity index (χ4v) is 2.70. The Bertz CT molecular complexity index is 594. The van der Waals surface area contributed by atoms with Crippen LogP contribution >= 0.6 is 11.6 Å². The van der Waals surface area contributed by atoms with Crippen molar-refractivity contribution in [3.05, 3.63) is 23.7 Å². The topological polar surface area (TPSA) is 39.9 Å². The molecule has 0 saturated carbocycles. The smallest absolute Gasteiger partial charge is 0.160 e. The Labute approximate surface area is 131 Å². The van der Waals surface area contributed by atoms with Gasteiger partial charge >= 0.3 is 0 Å². The summed E-state index contributed by atoms with van der Waals surface area (Å²) in [5.41, 5.74) is 2.87. The second-order valence-electron chi connectivity index (χ2n) is 5.60. The zero-order valence-corrected chi connectivity index (χ0v) is 14.0. The van der Waals surface area contributed by atoms with E-state index in [1.807, 2.05) is 26.0 Å². The maximum absolute atomic E-state index is 5.95. The predicted octanol–water partition coefficient (Wildman–Crippen LogP) is 3.75. The molecule has 0 aromatic carbocycles. The molecule has 116 valence electrons. The maximum atomic E-state index is 5.95. The van der Waals surface area contributed by atoms with Crippen LogP contribution in [0.25, 0.3) is 11.2 Å². The first-order valence-corrected chi connectivity index (χ1v) is 8.10. The molecule has 1 unspecified atom stereocenters. The van der Waals surface area contributed by atoms with E-state index in [0.29, 0.717) is 25.0 Å². The first-order chi connectivity index (χ1) is 10.1. The van der Waals surface area contributed by atoms with Crippen molar-refractivity contribution < 1.29 is 4.74 Å². The van der Waals surface area contributed by atoms with Gasteiger partial charge < -0.3 is 9.30 Å². The number of hydrogen-bond acceptors (Lipinski definition) is 3. The van der Waals surface area contributed by atoms with Crippen molar-refractivity contribution >= 4 is 22.8 Å². The molecule has 0 aliphatic carbocycles. The Morgan fingerprint density at radius 3 is 2.67 bits per heavy atom. The van der Waals surface area contributed by atoms with Gasteiger partial charge in [-0.1, -0.05) is 13.8 Å². The Morgan fingerprint density at radius 1 is 1.29 bits per heavy atom. The van der Waals surface area contributed by atoms with E-state index in [-0.39, 0.29) is 6.04 Å². The van der Waals surface area contributed by atoms with Crippen LogP contribution in [0.3, 0.4) is 0 Å². The number of halogens is 1. The number of ether oxygens (including phenoxy) is 1. The molecule has 2 rings (SSSR count). The van der Waals surface area contributed by atoms with Crippen molar-refractivity contribution in [2.45, 2.75) is 40.2 Å². The van der Waals surface area contributed by atoms with Gasteiger partial charge in [-0.2, -0.15) is 0 Å². The molecule has 0 bridgehead atoms. The highest BCUT2D eigenvalue weighted by atomic mass is 35.5. The average molecular weight is 310 g/mol. The fraction of sp³-hybridized carbons (Fsp3) is 0.625. The van der Waals surface area contributed by atoms with Crippen LogP contribution in [0.15, 0.2) is 12.1 Å². The van der Waals surface area contributed by atoms with Crippen molar-refractivity contribution in [2.24, 2.45) is 5.92 Å².